The van der Waals surface area contributed by atoms with E-state index in [1.807, 2.05) is 6.92 Å². The van der Waals surface area contributed by atoms with E-state index in [2.05, 4.69) is 5.32 Å². The molecule has 0 heterocycles. The summed E-state index contributed by atoms with van der Waals surface area (Å²) < 4.78 is 65.7. The van der Waals surface area contributed by atoms with Crippen LogP contribution in [0.25, 0.3) is 0 Å². The van der Waals surface area contributed by atoms with E-state index in [0.717, 1.165) is 23.3 Å². The van der Waals surface area contributed by atoms with Crippen LogP contribution in [0.5, 0.6) is 0 Å². The fraction of sp³-hybridized carbons (Fsp3) is 0.391. The van der Waals surface area contributed by atoms with E-state index in [-0.39, 0.29) is 6.54 Å². The van der Waals surface area contributed by atoms with Gasteiger partial charge in [-0.2, -0.15) is 13.2 Å². The largest absolute Gasteiger partial charge is 0.417 e. The molecule has 0 aliphatic carbocycles. The number of carbonyl (C=O) groups excluding carboxylic acids is 2. The van der Waals surface area contributed by atoms with Crippen LogP contribution >= 0.6 is 23.2 Å². The molecule has 0 bridgehead atoms. The molecule has 2 aromatic carbocycles. The van der Waals surface area contributed by atoms with E-state index in [0.29, 0.717) is 33.9 Å². The Kier molecular flexibility index (Phi) is 10.0. The number of benzene rings is 2. The first-order chi connectivity index (χ1) is 16.6. The molecule has 0 saturated carbocycles. The van der Waals surface area contributed by atoms with Crippen LogP contribution in [0.1, 0.15) is 31.4 Å². The SMILES string of the molecule is CCCNC(=O)[C@H](C)N(Cc1ccc(Cl)cc1)C(=O)CN(c1ccc(Cl)c(C(F)(F)F)c1)S(C)(=O)=O. The average Bonchev–Trinajstić information content (AvgIpc) is 2.79. The van der Waals surface area contributed by atoms with Crippen LogP contribution in [-0.2, 0) is 32.3 Å². The zero-order valence-corrected chi connectivity index (χ0v) is 22.1. The second-order valence-electron chi connectivity index (χ2n) is 8.05. The van der Waals surface area contributed by atoms with Crippen molar-refractivity contribution in [3.63, 3.8) is 0 Å². The molecule has 0 aromatic heterocycles. The molecule has 0 aliphatic heterocycles. The molecule has 0 saturated heterocycles. The molecule has 13 heteroatoms. The summed E-state index contributed by atoms with van der Waals surface area (Å²) in [6.07, 6.45) is -3.42. The van der Waals surface area contributed by atoms with Crippen LogP contribution in [0, 0.1) is 0 Å². The first-order valence-corrected chi connectivity index (χ1v) is 13.4. The zero-order valence-electron chi connectivity index (χ0n) is 19.8. The maximum atomic E-state index is 13.4. The van der Waals surface area contributed by atoms with Crippen LogP contribution in [-0.4, -0.2) is 50.5 Å². The van der Waals surface area contributed by atoms with E-state index >= 15 is 0 Å². The number of alkyl halides is 3. The van der Waals surface area contributed by atoms with Crippen LogP contribution in [0.2, 0.25) is 10.0 Å². The summed E-state index contributed by atoms with van der Waals surface area (Å²) in [5.74, 6) is -1.26. The van der Waals surface area contributed by atoms with Crippen LogP contribution in [0.3, 0.4) is 0 Å². The quantitative estimate of drug-likeness (QED) is 0.450. The minimum atomic E-state index is -4.84. The molecule has 0 unspecified atom stereocenters. The van der Waals surface area contributed by atoms with Gasteiger partial charge in [-0.25, -0.2) is 8.42 Å². The van der Waals surface area contributed by atoms with Gasteiger partial charge in [0, 0.05) is 18.1 Å². The van der Waals surface area contributed by atoms with Crippen molar-refractivity contribution in [2.75, 3.05) is 23.7 Å². The lowest BCUT2D eigenvalue weighted by Crippen LogP contribution is -2.51. The van der Waals surface area contributed by atoms with Gasteiger partial charge in [0.1, 0.15) is 12.6 Å². The van der Waals surface area contributed by atoms with Crippen LogP contribution in [0.15, 0.2) is 42.5 Å². The Hall–Kier alpha value is -2.50. The fourth-order valence-corrected chi connectivity index (χ4v) is 4.46. The molecular weight excluding hydrogens is 542 g/mol. The predicted octanol–water partition coefficient (Wildman–Crippen LogP) is 4.72. The number of halogens is 5. The average molecular weight is 568 g/mol. The van der Waals surface area contributed by atoms with Gasteiger partial charge in [0.05, 0.1) is 22.5 Å². The molecule has 0 spiro atoms. The molecule has 2 amide bonds. The Morgan fingerprint density at radius 1 is 1.08 bits per heavy atom. The number of sulfonamides is 1. The van der Waals surface area contributed by atoms with Gasteiger partial charge >= 0.3 is 6.18 Å². The van der Waals surface area contributed by atoms with Crippen molar-refractivity contribution in [1.82, 2.24) is 10.2 Å². The highest BCUT2D eigenvalue weighted by Crippen LogP contribution is 2.37. The van der Waals surface area contributed by atoms with Crippen molar-refractivity contribution in [3.8, 4) is 0 Å². The third-order valence-electron chi connectivity index (χ3n) is 5.21. The van der Waals surface area contributed by atoms with Crippen molar-refractivity contribution in [1.29, 1.82) is 0 Å². The Bertz CT molecular complexity index is 1190. The fourth-order valence-electron chi connectivity index (χ4n) is 3.26. The van der Waals surface area contributed by atoms with E-state index in [1.165, 1.54) is 6.92 Å². The van der Waals surface area contributed by atoms with E-state index in [9.17, 15) is 31.2 Å². The molecule has 1 atom stereocenters. The summed E-state index contributed by atoms with van der Waals surface area (Å²) in [6, 6.07) is 8.02. The summed E-state index contributed by atoms with van der Waals surface area (Å²) in [4.78, 5) is 27.2. The molecule has 2 aromatic rings. The minimum absolute atomic E-state index is 0.0667. The molecule has 2 rings (SSSR count). The van der Waals surface area contributed by atoms with Gasteiger partial charge in [-0.05, 0) is 49.2 Å². The molecule has 1 N–H and O–H groups in total. The topological polar surface area (TPSA) is 86.8 Å². The Labute approximate surface area is 218 Å². The van der Waals surface area contributed by atoms with Gasteiger partial charge in [0.15, 0.2) is 0 Å². The summed E-state index contributed by atoms with van der Waals surface area (Å²) in [5.41, 5.74) is -1.02. The lowest BCUT2D eigenvalue weighted by atomic mass is 10.1. The number of nitrogens with zero attached hydrogens (tertiary/aromatic N) is 2. The molecule has 198 valence electrons. The second kappa shape index (κ2) is 12.2. The Morgan fingerprint density at radius 2 is 1.69 bits per heavy atom. The van der Waals surface area contributed by atoms with Crippen molar-refractivity contribution in [2.24, 2.45) is 0 Å². The molecule has 36 heavy (non-hydrogen) atoms. The van der Waals surface area contributed by atoms with Gasteiger partial charge in [-0.3, -0.25) is 13.9 Å². The van der Waals surface area contributed by atoms with Crippen molar-refractivity contribution in [2.45, 2.75) is 39.0 Å². The predicted molar refractivity (Wildman–Crippen MR) is 133 cm³/mol. The van der Waals surface area contributed by atoms with Gasteiger partial charge < -0.3 is 10.2 Å². The highest BCUT2D eigenvalue weighted by Gasteiger charge is 2.35. The molecule has 0 radical (unpaired) electrons. The maximum absolute atomic E-state index is 13.4. The highest BCUT2D eigenvalue weighted by molar-refractivity contribution is 7.92. The van der Waals surface area contributed by atoms with Gasteiger partial charge in [-0.1, -0.05) is 42.3 Å². The maximum Gasteiger partial charge on any atom is 0.417 e. The van der Waals surface area contributed by atoms with Crippen LogP contribution in [0.4, 0.5) is 18.9 Å². The number of rotatable bonds is 10. The second-order valence-corrected chi connectivity index (χ2v) is 10.8. The molecule has 0 aliphatic rings. The first kappa shape index (κ1) is 29.7. The zero-order chi connectivity index (χ0) is 27.3. The minimum Gasteiger partial charge on any atom is -0.354 e. The summed E-state index contributed by atoms with van der Waals surface area (Å²) >= 11 is 11.6. The number of hydrogen-bond acceptors (Lipinski definition) is 4. The number of amides is 2. The Morgan fingerprint density at radius 3 is 2.22 bits per heavy atom. The van der Waals surface area contributed by atoms with E-state index < -0.39 is 56.9 Å². The normalized spacial score (nSPS) is 12.7. The van der Waals surface area contributed by atoms with E-state index in [4.69, 9.17) is 23.2 Å². The number of anilines is 1. The first-order valence-electron chi connectivity index (χ1n) is 10.8. The lowest BCUT2D eigenvalue weighted by molar-refractivity contribution is -0.139. The summed E-state index contributed by atoms with van der Waals surface area (Å²) in [7, 11) is -4.20. The molecule has 0 fully saturated rings. The lowest BCUT2D eigenvalue weighted by Gasteiger charge is -2.31. The molecular formula is C23H26Cl2F3N3O4S. The van der Waals surface area contributed by atoms with Gasteiger partial charge in [0.2, 0.25) is 21.8 Å². The van der Waals surface area contributed by atoms with Gasteiger partial charge in [0.25, 0.3) is 0 Å². The van der Waals surface area contributed by atoms with Gasteiger partial charge in [-0.15, -0.1) is 0 Å². The summed E-state index contributed by atoms with van der Waals surface area (Å²) in [5, 5.41) is 2.52. The molecule has 7 nitrogen and oxygen atoms in total. The third kappa shape index (κ3) is 8.01. The monoisotopic (exact) mass is 567 g/mol. The number of hydrogen-bond donors (Lipinski definition) is 1. The van der Waals surface area contributed by atoms with Crippen LogP contribution < -0.4 is 9.62 Å². The number of carbonyl (C=O) groups is 2. The van der Waals surface area contributed by atoms with Crippen molar-refractivity contribution >= 4 is 50.7 Å². The standard InChI is InChI=1S/C23H26Cl2F3N3O4S/c1-4-11-29-22(33)15(2)30(13-16-5-7-17(24)8-6-16)21(32)14-31(36(3,34)35)18-9-10-20(25)19(12-18)23(26,27)28/h5-10,12,15H,4,11,13-14H2,1-3H3,(H,29,33)/t15-/m0/s1. The summed E-state index contributed by atoms with van der Waals surface area (Å²) in [6.45, 7) is 2.80. The smallest absolute Gasteiger partial charge is 0.354 e. The third-order valence-corrected chi connectivity index (χ3v) is 6.93. The Balaban J connectivity index is 2.45. The van der Waals surface area contributed by atoms with Crippen molar-refractivity contribution in [3.05, 3.63) is 63.6 Å². The highest BCUT2D eigenvalue weighted by atomic mass is 35.5. The number of nitrogens with one attached hydrogen (secondary N) is 1. The van der Waals surface area contributed by atoms with Crippen molar-refractivity contribution < 1.29 is 31.2 Å². The van der Waals surface area contributed by atoms with E-state index in [1.54, 1.807) is 24.3 Å².